The van der Waals surface area contributed by atoms with Gasteiger partial charge in [-0.2, -0.15) is 0 Å². The van der Waals surface area contributed by atoms with Crippen LogP contribution in [0, 0.1) is 5.92 Å². The highest BCUT2D eigenvalue weighted by atomic mass is 16.4. The molecule has 0 spiro atoms. The van der Waals surface area contributed by atoms with Crippen LogP contribution < -0.4 is 5.32 Å². The second kappa shape index (κ2) is 8.48. The lowest BCUT2D eigenvalue weighted by Crippen LogP contribution is -2.40. The van der Waals surface area contributed by atoms with Crippen LogP contribution in [-0.4, -0.2) is 41.5 Å². The van der Waals surface area contributed by atoms with Crippen molar-refractivity contribution in [2.75, 3.05) is 25.0 Å². The van der Waals surface area contributed by atoms with E-state index in [-0.39, 0.29) is 11.8 Å². The van der Waals surface area contributed by atoms with Crippen molar-refractivity contribution < 1.29 is 14.7 Å². The van der Waals surface area contributed by atoms with E-state index >= 15 is 0 Å². The van der Waals surface area contributed by atoms with Gasteiger partial charge >= 0.3 is 5.97 Å². The molecule has 2 N–H and O–H groups in total. The highest BCUT2D eigenvalue weighted by Gasteiger charge is 2.25. The molecule has 0 atom stereocenters. The van der Waals surface area contributed by atoms with E-state index in [1.165, 1.54) is 37.7 Å². The van der Waals surface area contributed by atoms with E-state index in [0.29, 0.717) is 38.4 Å². The summed E-state index contributed by atoms with van der Waals surface area (Å²) >= 11 is 0. The van der Waals surface area contributed by atoms with Gasteiger partial charge in [0.05, 0.1) is 12.5 Å². The summed E-state index contributed by atoms with van der Waals surface area (Å²) in [6.45, 7) is 1.67. The average molecular weight is 344 g/mol. The Morgan fingerprint density at radius 3 is 2.24 bits per heavy atom. The number of carboxylic acids is 1. The van der Waals surface area contributed by atoms with Crippen molar-refractivity contribution in [2.45, 2.75) is 50.9 Å². The molecule has 0 aromatic heterocycles. The summed E-state index contributed by atoms with van der Waals surface area (Å²) in [6.07, 6.45) is 7.80. The third-order valence-electron chi connectivity index (χ3n) is 5.58. The summed E-state index contributed by atoms with van der Waals surface area (Å²) in [5, 5.41) is 12.0. The second-order valence-electron chi connectivity index (χ2n) is 7.39. The average Bonchev–Trinajstić information content (AvgIpc) is 2.63. The maximum absolute atomic E-state index is 12.2. The molecule has 5 nitrogen and oxygen atoms in total. The van der Waals surface area contributed by atoms with Gasteiger partial charge in [0, 0.05) is 5.69 Å². The van der Waals surface area contributed by atoms with E-state index in [4.69, 9.17) is 5.11 Å². The molecule has 1 aromatic carbocycles. The first kappa shape index (κ1) is 17.9. The van der Waals surface area contributed by atoms with Crippen molar-refractivity contribution in [1.82, 2.24) is 4.90 Å². The van der Waals surface area contributed by atoms with Crippen molar-refractivity contribution in [1.29, 1.82) is 0 Å². The minimum absolute atomic E-state index is 0.0285. The third-order valence-corrected chi connectivity index (χ3v) is 5.58. The number of hydrogen-bond acceptors (Lipinski definition) is 3. The molecule has 0 bridgehead atoms. The normalized spacial score (nSPS) is 20.3. The first-order valence-corrected chi connectivity index (χ1v) is 9.47. The number of amides is 1. The van der Waals surface area contributed by atoms with E-state index in [1.807, 2.05) is 17.0 Å². The summed E-state index contributed by atoms with van der Waals surface area (Å²) < 4.78 is 0. The van der Waals surface area contributed by atoms with Gasteiger partial charge in [-0.15, -0.1) is 0 Å². The number of hydrogen-bond donors (Lipinski definition) is 2. The van der Waals surface area contributed by atoms with Crippen LogP contribution in [0.4, 0.5) is 5.69 Å². The van der Waals surface area contributed by atoms with Crippen LogP contribution in [0.5, 0.6) is 0 Å². The second-order valence-corrected chi connectivity index (χ2v) is 7.39. The Balaban J connectivity index is 1.45. The maximum atomic E-state index is 12.2. The van der Waals surface area contributed by atoms with Crippen LogP contribution in [0.2, 0.25) is 0 Å². The largest absolute Gasteiger partial charge is 0.481 e. The number of aliphatic carboxylic acids is 1. The molecule has 25 heavy (non-hydrogen) atoms. The van der Waals surface area contributed by atoms with Crippen LogP contribution >= 0.6 is 0 Å². The van der Waals surface area contributed by atoms with Gasteiger partial charge in [0.2, 0.25) is 5.91 Å². The summed E-state index contributed by atoms with van der Waals surface area (Å²) in [4.78, 5) is 25.2. The summed E-state index contributed by atoms with van der Waals surface area (Å²) in [7, 11) is 0. The lowest BCUT2D eigenvalue weighted by Gasteiger charge is -2.29. The number of benzene rings is 1. The molecule has 0 unspecified atom stereocenters. The van der Waals surface area contributed by atoms with Crippen molar-refractivity contribution in [3.05, 3.63) is 29.8 Å². The zero-order valence-electron chi connectivity index (χ0n) is 14.7. The molecule has 136 valence electrons. The monoisotopic (exact) mass is 344 g/mol. The maximum Gasteiger partial charge on any atom is 0.306 e. The van der Waals surface area contributed by atoms with Gasteiger partial charge in [-0.05, 0) is 62.4 Å². The molecule has 1 aliphatic carbocycles. The van der Waals surface area contributed by atoms with Crippen LogP contribution in [0.25, 0.3) is 0 Å². The Bertz CT molecular complexity index is 585. The number of anilines is 1. The minimum Gasteiger partial charge on any atom is -0.481 e. The number of likely N-dealkylation sites (tertiary alicyclic amines) is 1. The summed E-state index contributed by atoms with van der Waals surface area (Å²) in [5.41, 5.74) is 2.22. The number of piperidine rings is 1. The summed E-state index contributed by atoms with van der Waals surface area (Å²) in [5.74, 6) is -0.331. The standard InChI is InChI=1S/C20H28N2O3/c23-19(14-22-12-10-17(11-13-22)20(24)25)21-18-8-6-16(7-9-18)15-4-2-1-3-5-15/h6-9,15,17H,1-5,10-14H2,(H,21,23)(H,24,25). The van der Waals surface area contributed by atoms with Gasteiger partial charge in [0.1, 0.15) is 0 Å². The molecule has 2 fully saturated rings. The molecular weight excluding hydrogens is 316 g/mol. The van der Waals surface area contributed by atoms with Crippen molar-refractivity contribution in [3.63, 3.8) is 0 Å². The van der Waals surface area contributed by atoms with E-state index < -0.39 is 5.97 Å². The molecule has 1 amide bonds. The molecular formula is C20H28N2O3. The lowest BCUT2D eigenvalue weighted by atomic mass is 9.84. The number of nitrogens with zero attached hydrogens (tertiary/aromatic N) is 1. The number of carboxylic acid groups (broad SMARTS) is 1. The molecule has 1 heterocycles. The van der Waals surface area contributed by atoms with E-state index in [0.717, 1.165) is 5.69 Å². The van der Waals surface area contributed by atoms with Crippen LogP contribution in [0.1, 0.15) is 56.4 Å². The van der Waals surface area contributed by atoms with Crippen LogP contribution in [0.15, 0.2) is 24.3 Å². The highest BCUT2D eigenvalue weighted by molar-refractivity contribution is 5.92. The van der Waals surface area contributed by atoms with E-state index in [9.17, 15) is 9.59 Å². The number of nitrogens with one attached hydrogen (secondary N) is 1. The van der Waals surface area contributed by atoms with Crippen LogP contribution in [0.3, 0.4) is 0 Å². The summed E-state index contributed by atoms with van der Waals surface area (Å²) in [6, 6.07) is 8.28. The van der Waals surface area contributed by atoms with Crippen LogP contribution in [-0.2, 0) is 9.59 Å². The van der Waals surface area contributed by atoms with E-state index in [2.05, 4.69) is 17.4 Å². The molecule has 1 saturated heterocycles. The predicted octanol–water partition coefficient (Wildman–Crippen LogP) is 3.47. The Hall–Kier alpha value is -1.88. The fourth-order valence-corrected chi connectivity index (χ4v) is 4.02. The first-order chi connectivity index (χ1) is 12.1. The molecule has 1 saturated carbocycles. The van der Waals surface area contributed by atoms with Crippen molar-refractivity contribution in [2.24, 2.45) is 5.92 Å². The predicted molar refractivity (Wildman–Crippen MR) is 97.7 cm³/mol. The molecule has 2 aliphatic rings. The van der Waals surface area contributed by atoms with Gasteiger partial charge in [0.25, 0.3) is 0 Å². The molecule has 1 aliphatic heterocycles. The van der Waals surface area contributed by atoms with E-state index in [1.54, 1.807) is 0 Å². The fourth-order valence-electron chi connectivity index (χ4n) is 4.02. The van der Waals surface area contributed by atoms with Gasteiger partial charge in [-0.3, -0.25) is 14.5 Å². The van der Waals surface area contributed by atoms with Gasteiger partial charge in [-0.25, -0.2) is 0 Å². The van der Waals surface area contributed by atoms with Crippen molar-refractivity contribution in [3.8, 4) is 0 Å². The van der Waals surface area contributed by atoms with Gasteiger partial charge < -0.3 is 10.4 Å². The number of carbonyl (C=O) groups excluding carboxylic acids is 1. The zero-order valence-corrected chi connectivity index (χ0v) is 14.7. The molecule has 1 aromatic rings. The quantitative estimate of drug-likeness (QED) is 0.858. The van der Waals surface area contributed by atoms with Gasteiger partial charge in [-0.1, -0.05) is 31.4 Å². The zero-order chi connectivity index (χ0) is 17.6. The minimum atomic E-state index is -0.720. The highest BCUT2D eigenvalue weighted by Crippen LogP contribution is 2.32. The number of carbonyl (C=O) groups is 2. The van der Waals surface area contributed by atoms with Crippen molar-refractivity contribution >= 4 is 17.6 Å². The number of rotatable bonds is 5. The third kappa shape index (κ3) is 5.05. The Morgan fingerprint density at radius 2 is 1.64 bits per heavy atom. The lowest BCUT2D eigenvalue weighted by molar-refractivity contribution is -0.143. The molecule has 0 radical (unpaired) electrons. The van der Waals surface area contributed by atoms with Gasteiger partial charge in [0.15, 0.2) is 0 Å². The fraction of sp³-hybridized carbons (Fsp3) is 0.600. The first-order valence-electron chi connectivity index (χ1n) is 9.47. The molecule has 5 heteroatoms. The Kier molecular flexibility index (Phi) is 6.08. The topological polar surface area (TPSA) is 69.6 Å². The molecule has 3 rings (SSSR count). The Labute approximate surface area is 149 Å². The Morgan fingerprint density at radius 1 is 1.00 bits per heavy atom. The SMILES string of the molecule is O=C(CN1CCC(C(=O)O)CC1)Nc1ccc(C2CCCCC2)cc1. The smallest absolute Gasteiger partial charge is 0.306 e.